The molecule has 1 aliphatic rings. The third-order valence-electron chi connectivity index (χ3n) is 5.32. The molecule has 162 valence electrons. The summed E-state index contributed by atoms with van der Waals surface area (Å²) in [5.74, 6) is 1.47. The number of ether oxygens (including phenoxy) is 2. The molecule has 0 radical (unpaired) electrons. The second-order valence-corrected chi connectivity index (χ2v) is 8.76. The highest BCUT2D eigenvalue weighted by Gasteiger charge is 2.21. The van der Waals surface area contributed by atoms with Crippen LogP contribution in [0.15, 0.2) is 60.0 Å². The molecular formula is C25H28N2O3S. The van der Waals surface area contributed by atoms with Crippen molar-refractivity contribution in [3.05, 3.63) is 76.0 Å². The fourth-order valence-electron chi connectivity index (χ4n) is 3.65. The third kappa shape index (κ3) is 5.46. The number of hydrogen-bond donors (Lipinski definition) is 0. The number of fused-ring (bicyclic) bond motifs is 1. The summed E-state index contributed by atoms with van der Waals surface area (Å²) in [6.45, 7) is 4.82. The number of carbonyl (C=O) groups excluding carboxylic acids is 1. The molecule has 1 amide bonds. The predicted octanol–water partition coefficient (Wildman–Crippen LogP) is 4.75. The van der Waals surface area contributed by atoms with Gasteiger partial charge in [0, 0.05) is 23.2 Å². The minimum atomic E-state index is 0.0535. The molecule has 3 aromatic rings. The zero-order valence-electron chi connectivity index (χ0n) is 18.0. The van der Waals surface area contributed by atoms with Crippen molar-refractivity contribution < 1.29 is 14.3 Å². The van der Waals surface area contributed by atoms with Crippen LogP contribution < -0.4 is 14.4 Å². The van der Waals surface area contributed by atoms with Gasteiger partial charge in [-0.2, -0.15) is 0 Å². The summed E-state index contributed by atoms with van der Waals surface area (Å²) in [6.07, 6.45) is 1.03. The van der Waals surface area contributed by atoms with Gasteiger partial charge >= 0.3 is 0 Å². The fourth-order valence-corrected chi connectivity index (χ4v) is 4.34. The van der Waals surface area contributed by atoms with Crippen molar-refractivity contribution in [2.24, 2.45) is 0 Å². The number of benzene rings is 2. The molecule has 0 saturated heterocycles. The van der Waals surface area contributed by atoms with E-state index in [-0.39, 0.29) is 5.91 Å². The Morgan fingerprint density at radius 1 is 0.968 bits per heavy atom. The van der Waals surface area contributed by atoms with Crippen molar-refractivity contribution in [3.63, 3.8) is 0 Å². The molecule has 0 fully saturated rings. The average molecular weight is 437 g/mol. The van der Waals surface area contributed by atoms with Crippen molar-refractivity contribution in [2.45, 2.75) is 26.4 Å². The Balaban J connectivity index is 1.49. The standard InChI is InChI=1S/C25H28N2O3S/c1-3-19-6-8-20(9-7-19)16-26(2)18-25(28)27(17-22-5-4-14-31-22)21-10-11-23-24(15-21)30-13-12-29-23/h4-11,14-15H,3,12-13,16-18H2,1-2H3. The predicted molar refractivity (Wildman–Crippen MR) is 125 cm³/mol. The van der Waals surface area contributed by atoms with Gasteiger partial charge in [0.05, 0.1) is 13.1 Å². The molecule has 0 N–H and O–H groups in total. The molecule has 0 saturated carbocycles. The van der Waals surface area contributed by atoms with Gasteiger partial charge < -0.3 is 14.4 Å². The Labute approximate surface area is 187 Å². The van der Waals surface area contributed by atoms with Crippen LogP contribution in [-0.2, 0) is 24.3 Å². The zero-order valence-corrected chi connectivity index (χ0v) is 18.9. The van der Waals surface area contributed by atoms with Crippen molar-refractivity contribution in [1.29, 1.82) is 0 Å². The van der Waals surface area contributed by atoms with Crippen LogP contribution in [0, 0.1) is 0 Å². The largest absolute Gasteiger partial charge is 0.486 e. The van der Waals surface area contributed by atoms with Crippen LogP contribution in [0.2, 0.25) is 0 Å². The maximum Gasteiger partial charge on any atom is 0.241 e. The molecule has 1 aromatic heterocycles. The van der Waals surface area contributed by atoms with E-state index in [1.807, 2.05) is 41.6 Å². The highest BCUT2D eigenvalue weighted by molar-refractivity contribution is 7.09. The lowest BCUT2D eigenvalue weighted by Crippen LogP contribution is -2.38. The lowest BCUT2D eigenvalue weighted by molar-refractivity contribution is -0.119. The van der Waals surface area contributed by atoms with Gasteiger partial charge in [0.25, 0.3) is 0 Å². The second kappa shape index (κ2) is 9.98. The minimum Gasteiger partial charge on any atom is -0.486 e. The molecule has 5 nitrogen and oxygen atoms in total. The van der Waals surface area contributed by atoms with E-state index >= 15 is 0 Å². The van der Waals surface area contributed by atoms with Crippen LogP contribution in [0.4, 0.5) is 5.69 Å². The highest BCUT2D eigenvalue weighted by atomic mass is 32.1. The van der Waals surface area contributed by atoms with E-state index < -0.39 is 0 Å². The number of rotatable bonds is 8. The minimum absolute atomic E-state index is 0.0535. The normalized spacial score (nSPS) is 12.7. The molecule has 0 spiro atoms. The maximum absolute atomic E-state index is 13.4. The number of thiophene rings is 1. The van der Waals surface area contributed by atoms with Crippen LogP contribution in [0.1, 0.15) is 22.9 Å². The van der Waals surface area contributed by atoms with Crippen molar-refractivity contribution in [1.82, 2.24) is 4.90 Å². The SMILES string of the molecule is CCc1ccc(CN(C)CC(=O)N(Cc2cccs2)c2ccc3c(c2)OCCO3)cc1. The van der Waals surface area contributed by atoms with Crippen LogP contribution in [0.5, 0.6) is 11.5 Å². The van der Waals surface area contributed by atoms with Crippen LogP contribution in [0.25, 0.3) is 0 Å². The van der Waals surface area contributed by atoms with Gasteiger partial charge in [0.2, 0.25) is 5.91 Å². The smallest absolute Gasteiger partial charge is 0.241 e. The topological polar surface area (TPSA) is 42.0 Å². The number of hydrogen-bond acceptors (Lipinski definition) is 5. The number of aryl methyl sites for hydroxylation is 1. The van der Waals surface area contributed by atoms with E-state index in [0.717, 1.165) is 29.3 Å². The van der Waals surface area contributed by atoms with Crippen LogP contribution in [0.3, 0.4) is 0 Å². The number of likely N-dealkylation sites (N-methyl/N-ethyl adjacent to an activating group) is 1. The summed E-state index contributed by atoms with van der Waals surface area (Å²) in [7, 11) is 1.98. The summed E-state index contributed by atoms with van der Waals surface area (Å²) in [6, 6.07) is 18.4. The molecule has 0 aliphatic carbocycles. The summed E-state index contributed by atoms with van der Waals surface area (Å²) < 4.78 is 11.4. The molecule has 1 aliphatic heterocycles. The zero-order chi connectivity index (χ0) is 21.6. The Kier molecular flexibility index (Phi) is 6.89. The Morgan fingerprint density at radius 3 is 2.42 bits per heavy atom. The molecule has 0 bridgehead atoms. The summed E-state index contributed by atoms with van der Waals surface area (Å²) >= 11 is 1.65. The van der Waals surface area contributed by atoms with E-state index in [2.05, 4.69) is 42.2 Å². The summed E-state index contributed by atoms with van der Waals surface area (Å²) in [4.78, 5) is 18.4. The number of anilines is 1. The quantitative estimate of drug-likeness (QED) is 0.511. The van der Waals surface area contributed by atoms with Gasteiger partial charge in [-0.1, -0.05) is 37.3 Å². The van der Waals surface area contributed by atoms with E-state index in [0.29, 0.717) is 32.1 Å². The average Bonchev–Trinajstić information content (AvgIpc) is 3.31. The third-order valence-corrected chi connectivity index (χ3v) is 6.18. The molecule has 4 rings (SSSR count). The number of amides is 1. The first-order valence-corrected chi connectivity index (χ1v) is 11.5. The maximum atomic E-state index is 13.4. The van der Waals surface area contributed by atoms with E-state index in [4.69, 9.17) is 9.47 Å². The van der Waals surface area contributed by atoms with Crippen molar-refractivity contribution in [3.8, 4) is 11.5 Å². The van der Waals surface area contributed by atoms with Crippen LogP contribution >= 0.6 is 11.3 Å². The van der Waals surface area contributed by atoms with E-state index in [1.54, 1.807) is 11.3 Å². The first-order valence-electron chi connectivity index (χ1n) is 10.6. The Hall–Kier alpha value is -2.83. The van der Waals surface area contributed by atoms with Gasteiger partial charge in [-0.15, -0.1) is 11.3 Å². The molecule has 31 heavy (non-hydrogen) atoms. The summed E-state index contributed by atoms with van der Waals surface area (Å²) in [5.41, 5.74) is 3.35. The van der Waals surface area contributed by atoms with Gasteiger partial charge in [-0.25, -0.2) is 0 Å². The number of carbonyl (C=O) groups is 1. The molecular weight excluding hydrogens is 408 g/mol. The molecule has 2 aromatic carbocycles. The van der Waals surface area contributed by atoms with Gasteiger partial charge in [-0.05, 0) is 48.2 Å². The van der Waals surface area contributed by atoms with E-state index in [1.165, 1.54) is 11.1 Å². The van der Waals surface area contributed by atoms with Gasteiger partial charge in [0.1, 0.15) is 13.2 Å². The Morgan fingerprint density at radius 2 is 1.71 bits per heavy atom. The first kappa shape index (κ1) is 21.4. The summed E-state index contributed by atoms with van der Waals surface area (Å²) in [5, 5.41) is 2.04. The molecule has 6 heteroatoms. The van der Waals surface area contributed by atoms with Crippen molar-refractivity contribution >= 4 is 22.9 Å². The second-order valence-electron chi connectivity index (χ2n) is 7.73. The number of nitrogens with zero attached hydrogens (tertiary/aromatic N) is 2. The fraction of sp³-hybridized carbons (Fsp3) is 0.320. The molecule has 0 unspecified atom stereocenters. The van der Waals surface area contributed by atoms with Crippen molar-refractivity contribution in [2.75, 3.05) is 31.7 Å². The highest BCUT2D eigenvalue weighted by Crippen LogP contribution is 2.34. The molecule has 0 atom stereocenters. The first-order chi connectivity index (χ1) is 15.1. The lowest BCUT2D eigenvalue weighted by atomic mass is 10.1. The van der Waals surface area contributed by atoms with Crippen LogP contribution in [-0.4, -0.2) is 37.6 Å². The monoisotopic (exact) mass is 436 g/mol. The van der Waals surface area contributed by atoms with E-state index in [9.17, 15) is 4.79 Å². The molecule has 2 heterocycles. The van der Waals surface area contributed by atoms with Gasteiger partial charge in [0.15, 0.2) is 11.5 Å². The Bertz CT molecular complexity index is 1000. The lowest BCUT2D eigenvalue weighted by Gasteiger charge is -2.27. The van der Waals surface area contributed by atoms with Gasteiger partial charge in [-0.3, -0.25) is 9.69 Å².